The molecule has 1 aromatic rings. The van der Waals surface area contributed by atoms with Crippen molar-refractivity contribution in [2.75, 3.05) is 21.1 Å². The largest absolute Gasteiger partial charge is 0.240 e. The number of quaternary nitrogens is 1. The van der Waals surface area contributed by atoms with E-state index in [4.69, 9.17) is 0 Å². The van der Waals surface area contributed by atoms with E-state index in [1.807, 2.05) is 10.9 Å². The molecule has 0 atom stereocenters. The Morgan fingerprint density at radius 3 is 2.10 bits per heavy atom. The van der Waals surface area contributed by atoms with Crippen LogP contribution in [0.5, 0.6) is 0 Å². The van der Waals surface area contributed by atoms with Crippen LogP contribution in [0.3, 0.4) is 0 Å². The Bertz CT molecular complexity index is 175. The molecule has 0 aliphatic heterocycles. The van der Waals surface area contributed by atoms with Crippen LogP contribution in [0.25, 0.3) is 0 Å². The van der Waals surface area contributed by atoms with Gasteiger partial charge in [0, 0.05) is 26.2 Å². The number of imidazole rings is 1. The molecule has 1 heterocycles. The molecule has 1 aromatic heterocycles. The SMILES string of the molecule is C[N+](C)(C)n1ccnc1.[Zr]. The van der Waals surface area contributed by atoms with Crippen molar-refractivity contribution in [1.29, 1.82) is 0 Å². The van der Waals surface area contributed by atoms with Crippen LogP contribution in [-0.2, 0) is 26.2 Å². The predicted octanol–water partition coefficient (Wildman–Crippen LogP) is 0.209. The van der Waals surface area contributed by atoms with Gasteiger partial charge in [0.2, 0.25) is 0 Å². The quantitative estimate of drug-likeness (QED) is 0.615. The Morgan fingerprint density at radius 1 is 1.30 bits per heavy atom. The van der Waals surface area contributed by atoms with E-state index in [0.29, 0.717) is 0 Å². The third-order valence-corrected chi connectivity index (χ3v) is 1.18. The minimum atomic E-state index is 0. The Morgan fingerprint density at radius 2 is 1.90 bits per heavy atom. The molecule has 4 heteroatoms. The summed E-state index contributed by atoms with van der Waals surface area (Å²) in [6.45, 7) is 0. The average Bonchev–Trinajstić information content (AvgIpc) is 2.08. The van der Waals surface area contributed by atoms with E-state index in [0.717, 1.165) is 4.59 Å². The molecular formula is C6H12N3Zr+. The Balaban J connectivity index is 0.000000810. The fourth-order valence-electron chi connectivity index (χ4n) is 0.607. The summed E-state index contributed by atoms with van der Waals surface area (Å²) < 4.78 is 2.78. The average molecular weight is 217 g/mol. The number of hydrogen-bond acceptors (Lipinski definition) is 1. The molecule has 0 N–H and O–H groups in total. The van der Waals surface area contributed by atoms with Gasteiger partial charge in [-0.05, 0) is 0 Å². The standard InChI is InChI=1S/C6H12N3.Zr/c1-9(2,3)8-5-4-7-6-8;/h4-6H,1-3H3;/q+1;. The Kier molecular flexibility index (Phi) is 3.46. The van der Waals surface area contributed by atoms with Crippen molar-refractivity contribution in [2.45, 2.75) is 0 Å². The van der Waals surface area contributed by atoms with Gasteiger partial charge in [0.1, 0.15) is 6.33 Å². The molecule has 0 amide bonds. The van der Waals surface area contributed by atoms with E-state index in [9.17, 15) is 0 Å². The van der Waals surface area contributed by atoms with Gasteiger partial charge >= 0.3 is 0 Å². The maximum atomic E-state index is 3.94. The van der Waals surface area contributed by atoms with E-state index >= 15 is 0 Å². The maximum Gasteiger partial charge on any atom is 0.145 e. The molecule has 1 rings (SSSR count). The van der Waals surface area contributed by atoms with Gasteiger partial charge in [0.05, 0.1) is 33.5 Å². The Hall–Kier alpha value is 0.0531. The van der Waals surface area contributed by atoms with Crippen LogP contribution in [0.2, 0.25) is 0 Å². The molecule has 0 unspecified atom stereocenters. The van der Waals surface area contributed by atoms with Gasteiger partial charge in [-0.1, -0.05) is 0 Å². The zero-order valence-corrected chi connectivity index (χ0v) is 9.03. The fraction of sp³-hybridized carbons (Fsp3) is 0.500. The number of aromatic nitrogens is 2. The fourth-order valence-corrected chi connectivity index (χ4v) is 0.607. The predicted molar refractivity (Wildman–Crippen MR) is 37.5 cm³/mol. The number of hydrogen-bond donors (Lipinski definition) is 0. The zero-order chi connectivity index (χ0) is 6.91. The van der Waals surface area contributed by atoms with Crippen molar-refractivity contribution in [1.82, 2.24) is 14.3 Å². The van der Waals surface area contributed by atoms with Crippen molar-refractivity contribution in [2.24, 2.45) is 0 Å². The first-order chi connectivity index (χ1) is 4.11. The van der Waals surface area contributed by atoms with Crippen LogP contribution in [-0.4, -0.2) is 30.8 Å². The molecule has 0 spiro atoms. The molecule has 0 radical (unpaired) electrons. The van der Waals surface area contributed by atoms with Gasteiger partial charge in [-0.25, -0.2) is 9.58 Å². The van der Waals surface area contributed by atoms with Crippen LogP contribution in [0.4, 0.5) is 0 Å². The normalized spacial score (nSPS) is 10.7. The second-order valence-electron chi connectivity index (χ2n) is 2.88. The van der Waals surface area contributed by atoms with E-state index in [-0.39, 0.29) is 26.2 Å². The maximum absolute atomic E-state index is 3.94. The van der Waals surface area contributed by atoms with Crippen LogP contribution < -0.4 is 4.59 Å². The van der Waals surface area contributed by atoms with Gasteiger partial charge < -0.3 is 0 Å². The summed E-state index contributed by atoms with van der Waals surface area (Å²) in [5.41, 5.74) is 0. The number of nitrogens with zero attached hydrogens (tertiary/aromatic N) is 3. The molecule has 3 nitrogen and oxygen atoms in total. The molecule has 54 valence electrons. The summed E-state index contributed by atoms with van der Waals surface area (Å²) in [5.74, 6) is 0. The molecule has 10 heavy (non-hydrogen) atoms. The zero-order valence-electron chi connectivity index (χ0n) is 6.57. The summed E-state index contributed by atoms with van der Waals surface area (Å²) in [4.78, 5) is 3.94. The first-order valence-corrected chi connectivity index (χ1v) is 2.91. The van der Waals surface area contributed by atoms with Gasteiger partial charge in [-0.3, -0.25) is 0 Å². The van der Waals surface area contributed by atoms with Crippen LogP contribution >= 0.6 is 0 Å². The monoisotopic (exact) mass is 216 g/mol. The number of rotatable bonds is 1. The molecule has 0 aliphatic carbocycles. The molecular weight excluding hydrogens is 205 g/mol. The first kappa shape index (κ1) is 10.1. The summed E-state index contributed by atoms with van der Waals surface area (Å²) in [5, 5.41) is 0. The smallest absolute Gasteiger partial charge is 0.145 e. The van der Waals surface area contributed by atoms with Crippen molar-refractivity contribution in [3.63, 3.8) is 0 Å². The summed E-state index contributed by atoms with van der Waals surface area (Å²) >= 11 is 0. The van der Waals surface area contributed by atoms with E-state index in [1.165, 1.54) is 0 Å². The second kappa shape index (κ2) is 3.45. The van der Waals surface area contributed by atoms with Crippen LogP contribution in [0.15, 0.2) is 18.7 Å². The van der Waals surface area contributed by atoms with Crippen molar-refractivity contribution in [3.05, 3.63) is 18.7 Å². The van der Waals surface area contributed by atoms with Crippen molar-refractivity contribution in [3.8, 4) is 0 Å². The second-order valence-corrected chi connectivity index (χ2v) is 2.88. The van der Waals surface area contributed by atoms with Gasteiger partial charge in [0.25, 0.3) is 0 Å². The third-order valence-electron chi connectivity index (χ3n) is 1.18. The van der Waals surface area contributed by atoms with Gasteiger partial charge in [0.15, 0.2) is 0 Å². The summed E-state index contributed by atoms with van der Waals surface area (Å²) in [7, 11) is 6.26. The summed E-state index contributed by atoms with van der Waals surface area (Å²) in [6, 6.07) is 0. The van der Waals surface area contributed by atoms with Crippen molar-refractivity contribution < 1.29 is 26.2 Å². The molecule has 0 saturated carbocycles. The van der Waals surface area contributed by atoms with E-state index < -0.39 is 0 Å². The third kappa shape index (κ3) is 2.35. The first-order valence-electron chi connectivity index (χ1n) is 2.91. The van der Waals surface area contributed by atoms with Gasteiger partial charge in [-0.2, -0.15) is 4.68 Å². The minimum absolute atomic E-state index is 0. The molecule has 0 fully saturated rings. The molecule has 0 bridgehead atoms. The topological polar surface area (TPSA) is 17.8 Å². The van der Waals surface area contributed by atoms with E-state index in [2.05, 4.69) is 26.1 Å². The summed E-state index contributed by atoms with van der Waals surface area (Å²) in [6.07, 6.45) is 5.53. The van der Waals surface area contributed by atoms with Crippen molar-refractivity contribution >= 4 is 0 Å². The minimum Gasteiger partial charge on any atom is -0.240 e. The van der Waals surface area contributed by atoms with E-state index in [1.54, 1.807) is 12.5 Å². The van der Waals surface area contributed by atoms with Crippen LogP contribution in [0.1, 0.15) is 0 Å². The molecule has 0 saturated heterocycles. The Labute approximate surface area is 80.4 Å². The molecule has 0 aromatic carbocycles. The van der Waals surface area contributed by atoms with Crippen LogP contribution in [0, 0.1) is 0 Å². The van der Waals surface area contributed by atoms with Gasteiger partial charge in [-0.15, -0.1) is 0 Å². The molecule has 0 aliphatic rings.